The van der Waals surface area contributed by atoms with E-state index in [2.05, 4.69) is 17.6 Å². The summed E-state index contributed by atoms with van der Waals surface area (Å²) in [4.78, 5) is 4.83. The summed E-state index contributed by atoms with van der Waals surface area (Å²) >= 11 is 6.06. The van der Waals surface area contributed by atoms with Crippen molar-refractivity contribution >= 4 is 22.6 Å². The van der Waals surface area contributed by atoms with Gasteiger partial charge in [-0.05, 0) is 50.8 Å². The molecule has 0 atom stereocenters. The lowest BCUT2D eigenvalue weighted by molar-refractivity contribution is 0.378. The highest BCUT2D eigenvalue weighted by Crippen LogP contribution is 2.34. The number of aryl methyl sites for hydroxylation is 1. The molecule has 0 spiro atoms. The van der Waals surface area contributed by atoms with Gasteiger partial charge in [-0.3, -0.25) is 0 Å². The fourth-order valence-electron chi connectivity index (χ4n) is 3.14. The Bertz CT molecular complexity index is 582. The Kier molecular flexibility index (Phi) is 3.50. The molecule has 3 nitrogen and oxygen atoms in total. The number of nitrogens with zero attached hydrogens (tertiary/aromatic N) is 2. The molecular weight excluding hydrogens is 258 g/mol. The molecule has 1 aliphatic rings. The molecule has 0 saturated heterocycles. The summed E-state index contributed by atoms with van der Waals surface area (Å²) in [5.74, 6) is 1.76. The van der Waals surface area contributed by atoms with E-state index in [1.807, 2.05) is 12.1 Å². The molecule has 1 aliphatic carbocycles. The average molecular weight is 278 g/mol. The molecule has 1 aromatic heterocycles. The van der Waals surface area contributed by atoms with Crippen LogP contribution < -0.4 is 5.73 Å². The molecule has 1 aromatic carbocycles. The van der Waals surface area contributed by atoms with Gasteiger partial charge in [0, 0.05) is 23.5 Å². The number of nitrogens with two attached hydrogens (primary N) is 1. The molecule has 0 bridgehead atoms. The standard InChI is InChI=1S/C15H20ClN3/c1-2-19-14-8-5-11(16)9-13(14)18-15(19)10-3-6-12(17)7-4-10/h5,8-10,12H,2-4,6-7,17H2,1H3. The van der Waals surface area contributed by atoms with Crippen LogP contribution in [0.25, 0.3) is 11.0 Å². The third kappa shape index (κ3) is 2.37. The highest BCUT2D eigenvalue weighted by atomic mass is 35.5. The van der Waals surface area contributed by atoms with Crippen LogP contribution in [-0.2, 0) is 6.54 Å². The van der Waals surface area contributed by atoms with Crippen LogP contribution in [-0.4, -0.2) is 15.6 Å². The van der Waals surface area contributed by atoms with E-state index in [4.69, 9.17) is 22.3 Å². The van der Waals surface area contributed by atoms with Crippen molar-refractivity contribution in [2.75, 3.05) is 0 Å². The first-order valence-electron chi connectivity index (χ1n) is 7.10. The van der Waals surface area contributed by atoms with Crippen molar-refractivity contribution in [1.29, 1.82) is 0 Å². The fourth-order valence-corrected chi connectivity index (χ4v) is 3.31. The largest absolute Gasteiger partial charge is 0.328 e. The third-order valence-electron chi connectivity index (χ3n) is 4.19. The number of imidazole rings is 1. The van der Waals surface area contributed by atoms with Crippen LogP contribution in [0.2, 0.25) is 5.02 Å². The molecule has 0 unspecified atom stereocenters. The van der Waals surface area contributed by atoms with Crippen LogP contribution >= 0.6 is 11.6 Å². The van der Waals surface area contributed by atoms with Crippen molar-refractivity contribution in [3.05, 3.63) is 29.0 Å². The van der Waals surface area contributed by atoms with Crippen molar-refractivity contribution in [2.24, 2.45) is 5.73 Å². The van der Waals surface area contributed by atoms with Gasteiger partial charge in [-0.15, -0.1) is 0 Å². The van der Waals surface area contributed by atoms with Gasteiger partial charge >= 0.3 is 0 Å². The minimum Gasteiger partial charge on any atom is -0.328 e. The lowest BCUT2D eigenvalue weighted by Gasteiger charge is -2.26. The Hall–Kier alpha value is -1.06. The molecule has 3 rings (SSSR count). The minimum absolute atomic E-state index is 0.380. The Labute approximate surface area is 118 Å². The lowest BCUT2D eigenvalue weighted by atomic mass is 9.86. The number of halogens is 1. The first-order valence-corrected chi connectivity index (χ1v) is 7.48. The van der Waals surface area contributed by atoms with Gasteiger partial charge in [-0.2, -0.15) is 0 Å². The second kappa shape index (κ2) is 5.14. The zero-order chi connectivity index (χ0) is 13.4. The van der Waals surface area contributed by atoms with Crippen LogP contribution in [0.1, 0.15) is 44.3 Å². The number of hydrogen-bond donors (Lipinski definition) is 1. The predicted molar refractivity (Wildman–Crippen MR) is 79.6 cm³/mol. The summed E-state index contributed by atoms with van der Waals surface area (Å²) in [6.07, 6.45) is 4.52. The zero-order valence-electron chi connectivity index (χ0n) is 11.3. The summed E-state index contributed by atoms with van der Waals surface area (Å²) in [6.45, 7) is 3.13. The van der Waals surface area contributed by atoms with Gasteiger partial charge in [0.2, 0.25) is 0 Å². The van der Waals surface area contributed by atoms with Crippen LogP contribution in [0.5, 0.6) is 0 Å². The monoisotopic (exact) mass is 277 g/mol. The summed E-state index contributed by atoms with van der Waals surface area (Å²) in [5, 5.41) is 0.755. The van der Waals surface area contributed by atoms with Crippen LogP contribution in [0, 0.1) is 0 Å². The molecular formula is C15H20ClN3. The average Bonchev–Trinajstić information content (AvgIpc) is 2.77. The highest BCUT2D eigenvalue weighted by molar-refractivity contribution is 6.31. The van der Waals surface area contributed by atoms with Gasteiger partial charge in [0.05, 0.1) is 11.0 Å². The summed E-state index contributed by atoms with van der Waals surface area (Å²) in [7, 11) is 0. The van der Waals surface area contributed by atoms with E-state index >= 15 is 0 Å². The molecule has 4 heteroatoms. The van der Waals surface area contributed by atoms with Gasteiger partial charge in [-0.1, -0.05) is 11.6 Å². The van der Waals surface area contributed by atoms with Crippen molar-refractivity contribution in [3.8, 4) is 0 Å². The quantitative estimate of drug-likeness (QED) is 0.910. The molecule has 0 amide bonds. The van der Waals surface area contributed by atoms with Gasteiger partial charge in [0.1, 0.15) is 5.82 Å². The third-order valence-corrected chi connectivity index (χ3v) is 4.43. The molecule has 0 radical (unpaired) electrons. The predicted octanol–water partition coefficient (Wildman–Crippen LogP) is 3.69. The minimum atomic E-state index is 0.380. The first-order chi connectivity index (χ1) is 9.19. The number of fused-ring (bicyclic) bond motifs is 1. The van der Waals surface area contributed by atoms with E-state index in [1.165, 1.54) is 11.3 Å². The fraction of sp³-hybridized carbons (Fsp3) is 0.533. The molecule has 2 N–H and O–H groups in total. The first kappa shape index (κ1) is 12.9. The highest BCUT2D eigenvalue weighted by Gasteiger charge is 2.24. The number of benzene rings is 1. The maximum atomic E-state index is 6.06. The Balaban J connectivity index is 2.02. The normalized spacial score (nSPS) is 23.9. The van der Waals surface area contributed by atoms with Crippen molar-refractivity contribution in [1.82, 2.24) is 9.55 Å². The lowest BCUT2D eigenvalue weighted by Crippen LogP contribution is -2.26. The Morgan fingerprint density at radius 1 is 1.32 bits per heavy atom. The Morgan fingerprint density at radius 2 is 2.05 bits per heavy atom. The number of aromatic nitrogens is 2. The molecule has 0 aliphatic heterocycles. The van der Waals surface area contributed by atoms with E-state index in [0.717, 1.165) is 42.8 Å². The van der Waals surface area contributed by atoms with Crippen LogP contribution in [0.15, 0.2) is 18.2 Å². The van der Waals surface area contributed by atoms with Gasteiger partial charge < -0.3 is 10.3 Å². The van der Waals surface area contributed by atoms with E-state index in [1.54, 1.807) is 0 Å². The summed E-state index contributed by atoms with van der Waals surface area (Å²) in [5.41, 5.74) is 8.20. The van der Waals surface area contributed by atoms with Crippen LogP contribution in [0.4, 0.5) is 0 Å². The number of hydrogen-bond acceptors (Lipinski definition) is 2. The van der Waals surface area contributed by atoms with Crippen molar-refractivity contribution in [3.63, 3.8) is 0 Å². The van der Waals surface area contributed by atoms with E-state index < -0.39 is 0 Å². The molecule has 1 fully saturated rings. The van der Waals surface area contributed by atoms with E-state index in [0.29, 0.717) is 12.0 Å². The van der Waals surface area contributed by atoms with Gasteiger partial charge in [-0.25, -0.2) is 4.98 Å². The van der Waals surface area contributed by atoms with E-state index in [-0.39, 0.29) is 0 Å². The SMILES string of the molecule is CCn1c(C2CCC(N)CC2)nc2cc(Cl)ccc21. The van der Waals surface area contributed by atoms with Crippen molar-refractivity contribution < 1.29 is 0 Å². The maximum Gasteiger partial charge on any atom is 0.112 e. The second-order valence-electron chi connectivity index (χ2n) is 5.46. The van der Waals surface area contributed by atoms with Gasteiger partial charge in [0.15, 0.2) is 0 Å². The molecule has 19 heavy (non-hydrogen) atoms. The summed E-state index contributed by atoms with van der Waals surface area (Å²) < 4.78 is 2.33. The molecule has 1 saturated carbocycles. The van der Waals surface area contributed by atoms with Gasteiger partial charge in [0.25, 0.3) is 0 Å². The zero-order valence-corrected chi connectivity index (χ0v) is 12.0. The molecule has 2 aromatic rings. The second-order valence-corrected chi connectivity index (χ2v) is 5.90. The van der Waals surface area contributed by atoms with E-state index in [9.17, 15) is 0 Å². The maximum absolute atomic E-state index is 6.06. The number of rotatable bonds is 2. The summed E-state index contributed by atoms with van der Waals surface area (Å²) in [6, 6.07) is 6.36. The van der Waals surface area contributed by atoms with Crippen molar-refractivity contribution in [2.45, 2.75) is 51.1 Å². The molecule has 1 heterocycles. The van der Waals surface area contributed by atoms with Crippen LogP contribution in [0.3, 0.4) is 0 Å². The topological polar surface area (TPSA) is 43.8 Å². The smallest absolute Gasteiger partial charge is 0.112 e. The molecule has 102 valence electrons. The Morgan fingerprint density at radius 3 is 2.74 bits per heavy atom.